The summed E-state index contributed by atoms with van der Waals surface area (Å²) in [6.45, 7) is 2.23. The SMILES string of the molecule is C[C@@]12CCCCC[C@@H](Cc3ccc(OC(=O)CC[C@H]4O[C@H](O)[C@H](O)[C@@H](O)[C@H]4O)cc31)[C@@H]2N. The number of fused-ring (bicyclic) bond motifs is 4. The summed E-state index contributed by atoms with van der Waals surface area (Å²) < 4.78 is 10.7. The fraction of sp³-hybridized carbons (Fsp3) is 0.708. The van der Waals surface area contributed by atoms with Gasteiger partial charge in [0, 0.05) is 17.9 Å². The Hall–Kier alpha value is -1.55. The molecule has 0 amide bonds. The van der Waals surface area contributed by atoms with Gasteiger partial charge in [-0.15, -0.1) is 0 Å². The van der Waals surface area contributed by atoms with E-state index in [1.807, 2.05) is 18.2 Å². The highest BCUT2D eigenvalue weighted by atomic mass is 16.6. The maximum atomic E-state index is 12.5. The number of aliphatic hydroxyl groups excluding tert-OH is 4. The Labute approximate surface area is 188 Å². The standard InChI is InChI=1S/C24H35NO7/c1-24-10-4-2-3-5-14(22(24)25)11-13-6-7-15(12-16(13)24)31-18(26)9-8-17-19(27)20(28)21(29)23(30)32-17/h6-7,12,14,17,19-23,27-30H,2-5,8-11,25H2,1H3/t14-,17+,19-,20-,21+,22-,23-,24+/m0/s1. The van der Waals surface area contributed by atoms with E-state index in [-0.39, 0.29) is 24.3 Å². The topological polar surface area (TPSA) is 142 Å². The normalized spacial score (nSPS) is 39.5. The Bertz CT molecular complexity index is 833. The summed E-state index contributed by atoms with van der Waals surface area (Å²) in [5.41, 5.74) is 9.03. The minimum absolute atomic E-state index is 0.0377. The van der Waals surface area contributed by atoms with E-state index in [2.05, 4.69) is 6.92 Å². The van der Waals surface area contributed by atoms with E-state index in [1.165, 1.54) is 24.0 Å². The molecule has 8 nitrogen and oxygen atoms in total. The van der Waals surface area contributed by atoms with Crippen molar-refractivity contribution >= 4 is 5.97 Å². The van der Waals surface area contributed by atoms with Crippen LogP contribution in [-0.2, 0) is 21.4 Å². The number of carbonyl (C=O) groups is 1. The fourth-order valence-electron chi connectivity index (χ4n) is 5.71. The van der Waals surface area contributed by atoms with Crippen LogP contribution in [0.15, 0.2) is 18.2 Å². The molecule has 3 aliphatic rings. The third-order valence-corrected chi connectivity index (χ3v) is 7.75. The van der Waals surface area contributed by atoms with Gasteiger partial charge in [0.2, 0.25) is 0 Å². The quantitative estimate of drug-likeness (QED) is 0.337. The first kappa shape index (κ1) is 23.6. The summed E-state index contributed by atoms with van der Waals surface area (Å²) in [7, 11) is 0. The Morgan fingerprint density at radius 1 is 1.16 bits per heavy atom. The molecular formula is C24H35NO7. The average Bonchev–Trinajstić information content (AvgIpc) is 2.77. The first-order valence-electron chi connectivity index (χ1n) is 11.7. The minimum atomic E-state index is -1.62. The van der Waals surface area contributed by atoms with Crippen LogP contribution in [0.1, 0.15) is 63.0 Å². The maximum Gasteiger partial charge on any atom is 0.311 e. The van der Waals surface area contributed by atoms with Gasteiger partial charge in [0.05, 0.1) is 6.10 Å². The molecule has 2 fully saturated rings. The largest absolute Gasteiger partial charge is 0.427 e. The summed E-state index contributed by atoms with van der Waals surface area (Å²) in [5.74, 6) is 0.437. The monoisotopic (exact) mass is 449 g/mol. The van der Waals surface area contributed by atoms with Gasteiger partial charge in [-0.25, -0.2) is 0 Å². The molecule has 1 aromatic rings. The van der Waals surface area contributed by atoms with E-state index < -0.39 is 36.7 Å². The molecule has 32 heavy (non-hydrogen) atoms. The van der Waals surface area contributed by atoms with E-state index in [1.54, 1.807) is 0 Å². The molecule has 0 aromatic heterocycles. The number of aliphatic hydroxyl groups is 4. The first-order valence-corrected chi connectivity index (χ1v) is 11.7. The van der Waals surface area contributed by atoms with Crippen molar-refractivity contribution in [3.8, 4) is 5.75 Å². The molecule has 0 spiro atoms. The number of esters is 1. The summed E-state index contributed by atoms with van der Waals surface area (Å²) >= 11 is 0. The van der Waals surface area contributed by atoms with E-state index in [4.69, 9.17) is 15.2 Å². The second-order valence-electron chi connectivity index (χ2n) is 9.88. The zero-order valence-corrected chi connectivity index (χ0v) is 18.5. The Balaban J connectivity index is 1.42. The van der Waals surface area contributed by atoms with Crippen LogP contribution in [0.25, 0.3) is 0 Å². The number of rotatable bonds is 4. The van der Waals surface area contributed by atoms with Crippen LogP contribution in [0.4, 0.5) is 0 Å². The third kappa shape index (κ3) is 4.44. The van der Waals surface area contributed by atoms with Gasteiger partial charge in [0.1, 0.15) is 24.1 Å². The molecular weight excluding hydrogens is 414 g/mol. The fourth-order valence-corrected chi connectivity index (χ4v) is 5.71. The molecule has 1 saturated heterocycles. The lowest BCUT2D eigenvalue weighted by Gasteiger charge is -2.47. The van der Waals surface area contributed by atoms with Crippen LogP contribution in [0.2, 0.25) is 0 Å². The molecule has 1 saturated carbocycles. The van der Waals surface area contributed by atoms with Crippen molar-refractivity contribution < 1.29 is 34.7 Å². The van der Waals surface area contributed by atoms with Crippen LogP contribution < -0.4 is 10.5 Å². The van der Waals surface area contributed by atoms with E-state index in [9.17, 15) is 25.2 Å². The van der Waals surface area contributed by atoms with Crippen molar-refractivity contribution in [3.05, 3.63) is 29.3 Å². The molecule has 0 unspecified atom stereocenters. The van der Waals surface area contributed by atoms with Crippen LogP contribution in [0, 0.1) is 5.92 Å². The van der Waals surface area contributed by atoms with Gasteiger partial charge in [-0.1, -0.05) is 32.3 Å². The number of benzene rings is 1. The van der Waals surface area contributed by atoms with Gasteiger partial charge in [0.15, 0.2) is 6.29 Å². The zero-order valence-electron chi connectivity index (χ0n) is 18.5. The van der Waals surface area contributed by atoms with Crippen molar-refractivity contribution in [1.82, 2.24) is 0 Å². The molecule has 1 aromatic carbocycles. The summed E-state index contributed by atoms with van der Waals surface area (Å²) in [5, 5.41) is 39.0. The predicted molar refractivity (Wildman–Crippen MR) is 116 cm³/mol. The van der Waals surface area contributed by atoms with Gasteiger partial charge in [-0.05, 0) is 54.9 Å². The van der Waals surface area contributed by atoms with E-state index >= 15 is 0 Å². The van der Waals surface area contributed by atoms with Crippen LogP contribution in [-0.4, -0.2) is 63.1 Å². The number of hydrogen-bond acceptors (Lipinski definition) is 8. The lowest BCUT2D eigenvalue weighted by Crippen LogP contribution is -2.57. The summed E-state index contributed by atoms with van der Waals surface area (Å²) in [6, 6.07) is 5.88. The van der Waals surface area contributed by atoms with Crippen molar-refractivity contribution in [1.29, 1.82) is 0 Å². The summed E-state index contributed by atoms with van der Waals surface area (Å²) in [6.07, 6.45) is -0.473. The zero-order chi connectivity index (χ0) is 23.0. The van der Waals surface area contributed by atoms with Gasteiger partial charge in [-0.3, -0.25) is 4.79 Å². The van der Waals surface area contributed by atoms with Gasteiger partial charge in [-0.2, -0.15) is 0 Å². The number of ether oxygens (including phenoxy) is 2. The summed E-state index contributed by atoms with van der Waals surface area (Å²) in [4.78, 5) is 12.5. The van der Waals surface area contributed by atoms with Crippen molar-refractivity contribution in [2.24, 2.45) is 11.7 Å². The molecule has 2 aliphatic carbocycles. The van der Waals surface area contributed by atoms with E-state index in [0.29, 0.717) is 11.7 Å². The van der Waals surface area contributed by atoms with Crippen molar-refractivity contribution in [3.63, 3.8) is 0 Å². The molecule has 1 aliphatic heterocycles. The molecule has 4 rings (SSSR count). The van der Waals surface area contributed by atoms with Crippen LogP contribution in [0.3, 0.4) is 0 Å². The maximum absolute atomic E-state index is 12.5. The Morgan fingerprint density at radius 3 is 2.72 bits per heavy atom. The second-order valence-corrected chi connectivity index (χ2v) is 9.88. The first-order chi connectivity index (χ1) is 15.2. The number of hydrogen-bond donors (Lipinski definition) is 5. The number of carbonyl (C=O) groups excluding carboxylic acids is 1. The van der Waals surface area contributed by atoms with Gasteiger partial charge < -0.3 is 35.6 Å². The highest BCUT2D eigenvalue weighted by Crippen LogP contribution is 2.46. The average molecular weight is 450 g/mol. The molecule has 178 valence electrons. The molecule has 0 radical (unpaired) electrons. The molecule has 1 heterocycles. The molecule has 2 bridgehead atoms. The highest BCUT2D eigenvalue weighted by molar-refractivity contribution is 5.72. The molecule has 6 N–H and O–H groups in total. The second kappa shape index (κ2) is 9.37. The lowest BCUT2D eigenvalue weighted by atomic mass is 9.60. The van der Waals surface area contributed by atoms with Crippen LogP contribution in [0.5, 0.6) is 5.75 Å². The highest BCUT2D eigenvalue weighted by Gasteiger charge is 2.44. The smallest absolute Gasteiger partial charge is 0.311 e. The van der Waals surface area contributed by atoms with Gasteiger partial charge >= 0.3 is 5.97 Å². The predicted octanol–water partition coefficient (Wildman–Crippen LogP) is 0.893. The van der Waals surface area contributed by atoms with Crippen molar-refractivity contribution in [2.75, 3.05) is 0 Å². The Morgan fingerprint density at radius 2 is 1.94 bits per heavy atom. The molecule has 8 heteroatoms. The number of nitrogens with two attached hydrogens (primary N) is 1. The lowest BCUT2D eigenvalue weighted by molar-refractivity contribution is -0.282. The third-order valence-electron chi connectivity index (χ3n) is 7.75. The van der Waals surface area contributed by atoms with E-state index in [0.717, 1.165) is 25.7 Å². The van der Waals surface area contributed by atoms with Gasteiger partial charge in [0.25, 0.3) is 0 Å². The molecule has 8 atom stereocenters. The van der Waals surface area contributed by atoms with Crippen LogP contribution >= 0.6 is 0 Å². The Kier molecular flexibility index (Phi) is 6.91. The van der Waals surface area contributed by atoms with Crippen molar-refractivity contribution in [2.45, 2.75) is 100 Å². The minimum Gasteiger partial charge on any atom is -0.427 e.